The Labute approximate surface area is 152 Å². The van der Waals surface area contributed by atoms with Gasteiger partial charge in [0.05, 0.1) is 14.2 Å². The fraction of sp³-hybridized carbons (Fsp3) is 0.350. The molecule has 0 unspecified atom stereocenters. The zero-order valence-corrected chi connectivity index (χ0v) is 14.9. The first-order valence-corrected chi connectivity index (χ1v) is 8.63. The van der Waals surface area contributed by atoms with E-state index < -0.39 is 0 Å². The number of carbonyl (C=O) groups is 1. The average Bonchev–Trinajstić information content (AvgIpc) is 2.70. The van der Waals surface area contributed by atoms with Crippen LogP contribution in [0.15, 0.2) is 30.3 Å². The Morgan fingerprint density at radius 3 is 2.23 bits per heavy atom. The molecule has 0 saturated carbocycles. The van der Waals surface area contributed by atoms with Crippen molar-refractivity contribution in [2.45, 2.75) is 13.0 Å². The fourth-order valence-corrected chi connectivity index (χ4v) is 3.49. The molecule has 0 radical (unpaired) electrons. The molecule has 26 heavy (non-hydrogen) atoms. The van der Waals surface area contributed by atoms with E-state index in [-0.39, 0.29) is 5.91 Å². The summed E-state index contributed by atoms with van der Waals surface area (Å²) in [6.07, 6.45) is 0.773. The molecule has 4 rings (SSSR count). The molecule has 136 valence electrons. The normalized spacial score (nSPS) is 15.2. The molecule has 0 spiro atoms. The predicted octanol–water partition coefficient (Wildman–Crippen LogP) is 2.67. The Balaban J connectivity index is 1.64. The van der Waals surface area contributed by atoms with Crippen molar-refractivity contribution in [2.75, 3.05) is 34.0 Å². The van der Waals surface area contributed by atoms with Crippen molar-refractivity contribution in [1.29, 1.82) is 0 Å². The van der Waals surface area contributed by atoms with Crippen LogP contribution in [-0.4, -0.2) is 44.8 Å². The molecule has 1 amide bonds. The number of rotatable bonds is 3. The second-order valence-corrected chi connectivity index (χ2v) is 6.28. The zero-order chi connectivity index (χ0) is 18.1. The molecule has 0 fully saturated rings. The molecule has 0 atom stereocenters. The summed E-state index contributed by atoms with van der Waals surface area (Å²) in [6, 6.07) is 9.38. The first-order valence-electron chi connectivity index (χ1n) is 8.63. The Bertz CT molecular complexity index is 826. The van der Waals surface area contributed by atoms with Crippen LogP contribution in [0, 0.1) is 0 Å². The molecule has 2 aliphatic heterocycles. The summed E-state index contributed by atoms with van der Waals surface area (Å²) >= 11 is 0. The number of carbonyl (C=O) groups excluding carboxylic acids is 1. The summed E-state index contributed by atoms with van der Waals surface area (Å²) in [5, 5.41) is 0. The number of hydrogen-bond acceptors (Lipinski definition) is 5. The van der Waals surface area contributed by atoms with Crippen molar-refractivity contribution >= 4 is 5.91 Å². The lowest BCUT2D eigenvalue weighted by molar-refractivity contribution is 0.0727. The maximum absolute atomic E-state index is 13.2. The van der Waals surface area contributed by atoms with E-state index in [1.165, 1.54) is 5.56 Å². The topological polar surface area (TPSA) is 57.2 Å². The highest BCUT2D eigenvalue weighted by molar-refractivity contribution is 5.99. The SMILES string of the molecule is COc1cccc(OC)c1C(=O)N1CCc2cc3c(cc2C1)OCCO3. The van der Waals surface area contributed by atoms with Gasteiger partial charge in [-0.1, -0.05) is 6.07 Å². The van der Waals surface area contributed by atoms with E-state index in [1.807, 2.05) is 23.1 Å². The Kier molecular flexibility index (Phi) is 4.32. The summed E-state index contributed by atoms with van der Waals surface area (Å²) < 4.78 is 22.1. The molecule has 2 aliphatic rings. The molecule has 0 bridgehead atoms. The summed E-state index contributed by atoms with van der Waals surface area (Å²) in [5.74, 6) is 2.48. The van der Waals surface area contributed by atoms with E-state index in [1.54, 1.807) is 26.4 Å². The van der Waals surface area contributed by atoms with Crippen molar-refractivity contribution in [3.63, 3.8) is 0 Å². The Hall–Kier alpha value is -2.89. The van der Waals surface area contributed by atoms with Gasteiger partial charge < -0.3 is 23.8 Å². The summed E-state index contributed by atoms with van der Waals surface area (Å²) in [4.78, 5) is 15.0. The van der Waals surface area contributed by atoms with E-state index in [0.717, 1.165) is 23.5 Å². The smallest absolute Gasteiger partial charge is 0.261 e. The van der Waals surface area contributed by atoms with E-state index in [4.69, 9.17) is 18.9 Å². The monoisotopic (exact) mass is 355 g/mol. The second-order valence-electron chi connectivity index (χ2n) is 6.28. The maximum Gasteiger partial charge on any atom is 0.261 e. The van der Waals surface area contributed by atoms with Crippen molar-refractivity contribution < 1.29 is 23.7 Å². The molecule has 2 heterocycles. The van der Waals surface area contributed by atoms with Crippen LogP contribution in [0.2, 0.25) is 0 Å². The van der Waals surface area contributed by atoms with Crippen molar-refractivity contribution in [3.05, 3.63) is 47.0 Å². The summed E-state index contributed by atoms with van der Waals surface area (Å²) in [7, 11) is 3.11. The van der Waals surface area contributed by atoms with E-state index in [9.17, 15) is 4.79 Å². The van der Waals surface area contributed by atoms with Gasteiger partial charge in [0.15, 0.2) is 11.5 Å². The van der Waals surface area contributed by atoms with Gasteiger partial charge in [0, 0.05) is 13.1 Å². The number of benzene rings is 2. The lowest BCUT2D eigenvalue weighted by Crippen LogP contribution is -2.36. The Morgan fingerprint density at radius 2 is 1.62 bits per heavy atom. The summed E-state index contributed by atoms with van der Waals surface area (Å²) in [6.45, 7) is 2.27. The van der Waals surface area contributed by atoms with Gasteiger partial charge >= 0.3 is 0 Å². The van der Waals surface area contributed by atoms with Crippen LogP contribution in [0.25, 0.3) is 0 Å². The first-order chi connectivity index (χ1) is 12.7. The lowest BCUT2D eigenvalue weighted by Gasteiger charge is -2.31. The van der Waals surface area contributed by atoms with Gasteiger partial charge in [-0.2, -0.15) is 0 Å². The summed E-state index contributed by atoms with van der Waals surface area (Å²) in [5.41, 5.74) is 2.74. The largest absolute Gasteiger partial charge is 0.496 e. The molecule has 2 aromatic rings. The maximum atomic E-state index is 13.2. The van der Waals surface area contributed by atoms with Gasteiger partial charge in [-0.15, -0.1) is 0 Å². The van der Waals surface area contributed by atoms with E-state index in [2.05, 4.69) is 0 Å². The highest BCUT2D eigenvalue weighted by atomic mass is 16.6. The fourth-order valence-electron chi connectivity index (χ4n) is 3.49. The predicted molar refractivity (Wildman–Crippen MR) is 95.4 cm³/mol. The van der Waals surface area contributed by atoms with Crippen LogP contribution in [0.5, 0.6) is 23.0 Å². The zero-order valence-electron chi connectivity index (χ0n) is 14.9. The van der Waals surface area contributed by atoms with Crippen molar-refractivity contribution in [3.8, 4) is 23.0 Å². The quantitative estimate of drug-likeness (QED) is 0.847. The van der Waals surface area contributed by atoms with Crippen LogP contribution in [0.1, 0.15) is 21.5 Å². The molecule has 0 aromatic heterocycles. The van der Waals surface area contributed by atoms with Crippen LogP contribution < -0.4 is 18.9 Å². The van der Waals surface area contributed by atoms with Gasteiger partial charge in [0.25, 0.3) is 5.91 Å². The number of hydrogen-bond donors (Lipinski definition) is 0. The average molecular weight is 355 g/mol. The number of nitrogens with zero attached hydrogens (tertiary/aromatic N) is 1. The molecule has 6 heteroatoms. The van der Waals surface area contributed by atoms with Crippen molar-refractivity contribution in [1.82, 2.24) is 4.90 Å². The molecule has 2 aromatic carbocycles. The third-order valence-corrected chi connectivity index (χ3v) is 4.81. The second kappa shape index (κ2) is 6.78. The van der Waals surface area contributed by atoms with Gasteiger partial charge in [0.2, 0.25) is 0 Å². The number of ether oxygens (including phenoxy) is 4. The highest BCUT2D eigenvalue weighted by Crippen LogP contribution is 2.36. The van der Waals surface area contributed by atoms with Gasteiger partial charge in [-0.05, 0) is 41.8 Å². The minimum Gasteiger partial charge on any atom is -0.496 e. The minimum atomic E-state index is -0.0974. The van der Waals surface area contributed by atoms with Crippen LogP contribution in [0.3, 0.4) is 0 Å². The number of fused-ring (bicyclic) bond motifs is 2. The van der Waals surface area contributed by atoms with Gasteiger partial charge in [0.1, 0.15) is 30.3 Å². The van der Waals surface area contributed by atoms with E-state index in [0.29, 0.717) is 43.4 Å². The molecular formula is C20H21NO5. The highest BCUT2D eigenvalue weighted by Gasteiger charge is 2.28. The third-order valence-electron chi connectivity index (χ3n) is 4.81. The van der Waals surface area contributed by atoms with Gasteiger partial charge in [-0.3, -0.25) is 4.79 Å². The van der Waals surface area contributed by atoms with Crippen LogP contribution in [-0.2, 0) is 13.0 Å². The molecule has 6 nitrogen and oxygen atoms in total. The third kappa shape index (κ3) is 2.81. The molecule has 0 saturated heterocycles. The van der Waals surface area contributed by atoms with Crippen LogP contribution in [0.4, 0.5) is 0 Å². The Morgan fingerprint density at radius 1 is 1.00 bits per heavy atom. The number of amides is 1. The van der Waals surface area contributed by atoms with Gasteiger partial charge in [-0.25, -0.2) is 0 Å². The lowest BCUT2D eigenvalue weighted by atomic mass is 9.97. The number of methoxy groups -OCH3 is 2. The van der Waals surface area contributed by atoms with Crippen LogP contribution >= 0.6 is 0 Å². The standard InChI is InChI=1S/C20H21NO5/c1-23-15-4-3-5-16(24-2)19(15)20(22)21-7-6-13-10-17-18(11-14(13)12-21)26-9-8-25-17/h3-5,10-11H,6-9,12H2,1-2H3. The molecular weight excluding hydrogens is 334 g/mol. The first kappa shape index (κ1) is 16.6. The van der Waals surface area contributed by atoms with Crippen molar-refractivity contribution in [2.24, 2.45) is 0 Å². The molecule has 0 N–H and O–H groups in total. The minimum absolute atomic E-state index is 0.0974. The van der Waals surface area contributed by atoms with E-state index >= 15 is 0 Å². The molecule has 0 aliphatic carbocycles.